The maximum absolute atomic E-state index is 12.6. The predicted molar refractivity (Wildman–Crippen MR) is 127 cm³/mol. The molecule has 8 heteroatoms. The molecule has 0 saturated carbocycles. The van der Waals surface area contributed by atoms with Gasteiger partial charge in [0.25, 0.3) is 0 Å². The van der Waals surface area contributed by atoms with Crippen molar-refractivity contribution in [3.05, 3.63) is 70.0 Å². The molecular formula is C27H28F2N2O4. The van der Waals surface area contributed by atoms with E-state index in [2.05, 4.69) is 39.8 Å². The van der Waals surface area contributed by atoms with Crippen molar-refractivity contribution >= 4 is 5.97 Å². The van der Waals surface area contributed by atoms with Gasteiger partial charge in [0.05, 0.1) is 31.5 Å². The molecule has 1 atom stereocenters. The SMILES string of the molecule is COC(=O)C[C@@H]1COc2cc(CCc3cccc(-c4c(C)nc(OC(F)F)nc4C)c3C)ccc21. The lowest BCUT2D eigenvalue weighted by Gasteiger charge is -2.16. The number of methoxy groups -OCH3 is 1. The van der Waals surface area contributed by atoms with E-state index >= 15 is 0 Å². The molecule has 0 fully saturated rings. The number of hydrogen-bond acceptors (Lipinski definition) is 6. The lowest BCUT2D eigenvalue weighted by molar-refractivity contribution is -0.141. The predicted octanol–water partition coefficient (Wildman–Crippen LogP) is 5.49. The van der Waals surface area contributed by atoms with Crippen LogP contribution in [-0.4, -0.2) is 36.3 Å². The molecule has 0 unspecified atom stereocenters. The maximum Gasteiger partial charge on any atom is 0.389 e. The number of esters is 1. The van der Waals surface area contributed by atoms with Gasteiger partial charge in [-0.2, -0.15) is 18.7 Å². The third-order valence-corrected chi connectivity index (χ3v) is 6.44. The zero-order chi connectivity index (χ0) is 25.1. The lowest BCUT2D eigenvalue weighted by Crippen LogP contribution is -2.09. The van der Waals surface area contributed by atoms with Gasteiger partial charge in [0.1, 0.15) is 5.75 Å². The van der Waals surface area contributed by atoms with E-state index in [9.17, 15) is 13.6 Å². The first kappa shape index (κ1) is 24.6. The summed E-state index contributed by atoms with van der Waals surface area (Å²) in [5.74, 6) is 0.617. The summed E-state index contributed by atoms with van der Waals surface area (Å²) in [5.41, 5.74) is 7.45. The van der Waals surface area contributed by atoms with Crippen LogP contribution in [0.2, 0.25) is 0 Å². The summed E-state index contributed by atoms with van der Waals surface area (Å²) >= 11 is 0. The fourth-order valence-electron chi connectivity index (χ4n) is 4.64. The number of halogens is 2. The molecule has 2 aromatic carbocycles. The molecule has 35 heavy (non-hydrogen) atoms. The van der Waals surface area contributed by atoms with Gasteiger partial charge in [-0.05, 0) is 61.9 Å². The van der Waals surface area contributed by atoms with Gasteiger partial charge < -0.3 is 14.2 Å². The molecule has 0 aliphatic carbocycles. The molecule has 1 aliphatic heterocycles. The largest absolute Gasteiger partial charge is 0.493 e. The van der Waals surface area contributed by atoms with E-state index in [1.54, 1.807) is 13.8 Å². The van der Waals surface area contributed by atoms with Crippen LogP contribution in [0.4, 0.5) is 8.78 Å². The Morgan fingerprint density at radius 3 is 2.54 bits per heavy atom. The van der Waals surface area contributed by atoms with Gasteiger partial charge in [0, 0.05) is 17.0 Å². The highest BCUT2D eigenvalue weighted by Gasteiger charge is 2.27. The lowest BCUT2D eigenvalue weighted by atomic mass is 9.91. The standard InChI is InChI=1S/C27H28F2N2O4/c1-15-19(6-5-7-21(15)25-16(2)30-27(31-17(25)3)35-26(28)29)10-8-18-9-11-22-20(13-24(32)33-4)14-34-23(22)12-18/h5-7,9,11-12,20,26H,8,10,13-14H2,1-4H3/t20-/m1/s1. The number of hydrogen-bond donors (Lipinski definition) is 0. The second kappa shape index (κ2) is 10.4. The van der Waals surface area contributed by atoms with Crippen molar-refractivity contribution in [2.45, 2.75) is 52.6 Å². The van der Waals surface area contributed by atoms with Crippen molar-refractivity contribution in [2.24, 2.45) is 0 Å². The minimum absolute atomic E-state index is 0.0246. The molecule has 0 amide bonds. The Balaban J connectivity index is 1.52. The van der Waals surface area contributed by atoms with Crippen LogP contribution in [0.25, 0.3) is 11.1 Å². The van der Waals surface area contributed by atoms with Crippen molar-refractivity contribution in [1.82, 2.24) is 9.97 Å². The molecule has 0 N–H and O–H groups in total. The number of aryl methyl sites for hydroxylation is 4. The molecule has 1 aromatic heterocycles. The van der Waals surface area contributed by atoms with Crippen molar-refractivity contribution in [3.8, 4) is 22.9 Å². The van der Waals surface area contributed by atoms with Gasteiger partial charge in [0.15, 0.2) is 0 Å². The Morgan fingerprint density at radius 2 is 1.86 bits per heavy atom. The first-order valence-electron chi connectivity index (χ1n) is 11.5. The minimum atomic E-state index is -2.96. The van der Waals surface area contributed by atoms with E-state index in [0.717, 1.165) is 46.4 Å². The Hall–Kier alpha value is -3.55. The Morgan fingerprint density at radius 1 is 1.11 bits per heavy atom. The van der Waals surface area contributed by atoms with E-state index in [-0.39, 0.29) is 17.9 Å². The van der Waals surface area contributed by atoms with Gasteiger partial charge >= 0.3 is 18.6 Å². The average Bonchev–Trinajstić information content (AvgIpc) is 3.20. The van der Waals surface area contributed by atoms with Crippen molar-refractivity contribution in [2.75, 3.05) is 13.7 Å². The third-order valence-electron chi connectivity index (χ3n) is 6.44. The Labute approximate surface area is 203 Å². The Kier molecular flexibility index (Phi) is 7.28. The average molecular weight is 483 g/mol. The van der Waals surface area contributed by atoms with E-state index in [0.29, 0.717) is 24.4 Å². The highest BCUT2D eigenvalue weighted by atomic mass is 19.3. The number of carbonyl (C=O) groups is 1. The Bertz CT molecular complexity index is 1220. The van der Waals surface area contributed by atoms with Gasteiger partial charge in [0.2, 0.25) is 0 Å². The molecule has 1 aliphatic rings. The van der Waals surface area contributed by atoms with Gasteiger partial charge in [-0.25, -0.2) is 0 Å². The van der Waals surface area contributed by atoms with Crippen molar-refractivity contribution < 1.29 is 27.8 Å². The van der Waals surface area contributed by atoms with Gasteiger partial charge in [-0.15, -0.1) is 0 Å². The van der Waals surface area contributed by atoms with Crippen molar-refractivity contribution in [1.29, 1.82) is 0 Å². The number of carbonyl (C=O) groups excluding carboxylic acids is 1. The molecule has 0 spiro atoms. The maximum atomic E-state index is 12.6. The summed E-state index contributed by atoms with van der Waals surface area (Å²) in [6, 6.07) is 11.9. The number of aromatic nitrogens is 2. The topological polar surface area (TPSA) is 70.5 Å². The van der Waals surface area contributed by atoms with Gasteiger partial charge in [-0.1, -0.05) is 30.3 Å². The first-order chi connectivity index (χ1) is 16.8. The van der Waals surface area contributed by atoms with E-state index in [1.807, 2.05) is 18.2 Å². The fourth-order valence-corrected chi connectivity index (χ4v) is 4.64. The summed E-state index contributed by atoms with van der Waals surface area (Å²) in [6.45, 7) is 3.11. The molecule has 184 valence electrons. The van der Waals surface area contributed by atoms with Crippen LogP contribution in [0.3, 0.4) is 0 Å². The molecule has 0 bridgehead atoms. The summed E-state index contributed by atoms with van der Waals surface area (Å²) < 4.78 is 40.2. The van der Waals surface area contributed by atoms with E-state index < -0.39 is 6.61 Å². The molecule has 6 nitrogen and oxygen atoms in total. The summed E-state index contributed by atoms with van der Waals surface area (Å²) in [5, 5.41) is 0. The second-order valence-corrected chi connectivity index (χ2v) is 8.68. The molecule has 0 saturated heterocycles. The number of alkyl halides is 2. The molecule has 2 heterocycles. The molecular weight excluding hydrogens is 454 g/mol. The van der Waals surface area contributed by atoms with Crippen LogP contribution in [0.1, 0.15) is 46.0 Å². The number of benzene rings is 2. The minimum Gasteiger partial charge on any atom is -0.493 e. The van der Waals surface area contributed by atoms with Gasteiger partial charge in [-0.3, -0.25) is 4.79 Å². The summed E-state index contributed by atoms with van der Waals surface area (Å²) in [4.78, 5) is 19.9. The highest BCUT2D eigenvalue weighted by molar-refractivity contribution is 5.72. The number of ether oxygens (including phenoxy) is 3. The molecule has 0 radical (unpaired) electrons. The number of rotatable bonds is 8. The van der Waals surface area contributed by atoms with Crippen LogP contribution in [0.15, 0.2) is 36.4 Å². The highest BCUT2D eigenvalue weighted by Crippen LogP contribution is 2.37. The third kappa shape index (κ3) is 5.42. The van der Waals surface area contributed by atoms with Crippen LogP contribution in [-0.2, 0) is 22.4 Å². The summed E-state index contributed by atoms with van der Waals surface area (Å²) in [6.07, 6.45) is 1.94. The fraction of sp³-hybridized carbons (Fsp3) is 0.370. The van der Waals surface area contributed by atoms with Crippen LogP contribution < -0.4 is 9.47 Å². The molecule has 4 rings (SSSR count). The molecule has 3 aromatic rings. The van der Waals surface area contributed by atoms with E-state index in [1.165, 1.54) is 12.7 Å². The normalized spacial score (nSPS) is 14.5. The summed E-state index contributed by atoms with van der Waals surface area (Å²) in [7, 11) is 1.39. The first-order valence-corrected chi connectivity index (χ1v) is 11.5. The number of fused-ring (bicyclic) bond motifs is 1. The monoisotopic (exact) mass is 482 g/mol. The number of nitrogens with zero attached hydrogens (tertiary/aromatic N) is 2. The van der Waals surface area contributed by atoms with Crippen molar-refractivity contribution in [3.63, 3.8) is 0 Å². The smallest absolute Gasteiger partial charge is 0.389 e. The van der Waals surface area contributed by atoms with Crippen LogP contribution in [0.5, 0.6) is 11.8 Å². The zero-order valence-corrected chi connectivity index (χ0v) is 20.2. The van der Waals surface area contributed by atoms with Crippen LogP contribution in [0, 0.1) is 20.8 Å². The quantitative estimate of drug-likeness (QED) is 0.395. The zero-order valence-electron chi connectivity index (χ0n) is 20.2. The van der Waals surface area contributed by atoms with E-state index in [4.69, 9.17) is 9.47 Å². The second-order valence-electron chi connectivity index (χ2n) is 8.68. The van der Waals surface area contributed by atoms with Crippen LogP contribution >= 0.6 is 0 Å².